The molecule has 3 rings (SSSR count). The standard InChI is InChI=1S/C20H19ClN4S/c1-14-4-2-3-5-18(14)25-19-11-10-17(13-22-19)24-20(26)23-12-15-6-8-16(21)9-7-15/h2-11,13H,12H2,1H3,(H,22,25)(H2,23,24,26). The van der Waals surface area contributed by atoms with E-state index in [1.807, 2.05) is 54.6 Å². The number of halogens is 1. The lowest BCUT2D eigenvalue weighted by molar-refractivity contribution is 0.926. The van der Waals surface area contributed by atoms with Crippen molar-refractivity contribution < 1.29 is 0 Å². The molecule has 0 bridgehead atoms. The largest absolute Gasteiger partial charge is 0.358 e. The van der Waals surface area contributed by atoms with Gasteiger partial charge in [0.15, 0.2) is 5.11 Å². The van der Waals surface area contributed by atoms with Crippen LogP contribution in [0.4, 0.5) is 17.2 Å². The molecule has 0 radical (unpaired) electrons. The molecule has 1 heterocycles. The van der Waals surface area contributed by atoms with E-state index >= 15 is 0 Å². The molecule has 3 N–H and O–H groups in total. The van der Waals surface area contributed by atoms with E-state index in [1.165, 1.54) is 5.56 Å². The van der Waals surface area contributed by atoms with Crippen molar-refractivity contribution in [1.29, 1.82) is 0 Å². The van der Waals surface area contributed by atoms with Crippen LogP contribution >= 0.6 is 23.8 Å². The summed E-state index contributed by atoms with van der Waals surface area (Å²) in [5.41, 5.74) is 4.15. The van der Waals surface area contributed by atoms with Crippen molar-refractivity contribution in [2.45, 2.75) is 13.5 Å². The molecule has 0 saturated heterocycles. The first kappa shape index (κ1) is 18.2. The summed E-state index contributed by atoms with van der Waals surface area (Å²) in [5.74, 6) is 0.782. The number of pyridine rings is 1. The second kappa shape index (κ2) is 8.65. The lowest BCUT2D eigenvalue weighted by Crippen LogP contribution is -2.27. The van der Waals surface area contributed by atoms with E-state index in [-0.39, 0.29) is 0 Å². The van der Waals surface area contributed by atoms with Gasteiger partial charge in [-0.2, -0.15) is 0 Å². The highest BCUT2D eigenvalue weighted by atomic mass is 35.5. The number of anilines is 3. The van der Waals surface area contributed by atoms with Gasteiger partial charge in [0, 0.05) is 17.3 Å². The summed E-state index contributed by atoms with van der Waals surface area (Å²) in [6, 6.07) is 19.6. The smallest absolute Gasteiger partial charge is 0.171 e. The first-order chi connectivity index (χ1) is 12.6. The number of rotatable bonds is 5. The maximum atomic E-state index is 5.88. The molecule has 2 aromatic carbocycles. The molecule has 0 aliphatic heterocycles. The first-order valence-corrected chi connectivity index (χ1v) is 8.97. The number of aromatic nitrogens is 1. The second-order valence-corrected chi connectivity index (χ2v) is 6.65. The quantitative estimate of drug-likeness (QED) is 0.524. The van der Waals surface area contributed by atoms with E-state index in [2.05, 4.69) is 33.9 Å². The lowest BCUT2D eigenvalue weighted by atomic mass is 10.2. The maximum absolute atomic E-state index is 5.88. The summed E-state index contributed by atoms with van der Waals surface area (Å²) >= 11 is 11.2. The van der Waals surface area contributed by atoms with Crippen LogP contribution in [0.3, 0.4) is 0 Å². The molecule has 1 aromatic heterocycles. The van der Waals surface area contributed by atoms with Crippen LogP contribution in [0.25, 0.3) is 0 Å². The van der Waals surface area contributed by atoms with Gasteiger partial charge in [0.1, 0.15) is 5.82 Å². The molecule has 0 fully saturated rings. The Hall–Kier alpha value is -2.63. The molecule has 0 aliphatic rings. The normalized spacial score (nSPS) is 10.2. The zero-order chi connectivity index (χ0) is 18.4. The highest BCUT2D eigenvalue weighted by molar-refractivity contribution is 7.80. The number of nitrogens with zero attached hydrogens (tertiary/aromatic N) is 1. The van der Waals surface area contributed by atoms with Gasteiger partial charge in [-0.25, -0.2) is 4.98 Å². The molecule has 0 spiro atoms. The van der Waals surface area contributed by atoms with Gasteiger partial charge < -0.3 is 16.0 Å². The Morgan fingerprint density at radius 1 is 1.04 bits per heavy atom. The molecule has 0 amide bonds. The van der Waals surface area contributed by atoms with Crippen molar-refractivity contribution >= 4 is 46.1 Å². The van der Waals surface area contributed by atoms with E-state index in [9.17, 15) is 0 Å². The van der Waals surface area contributed by atoms with Gasteiger partial charge in [0.25, 0.3) is 0 Å². The van der Waals surface area contributed by atoms with Crippen molar-refractivity contribution in [3.8, 4) is 0 Å². The Balaban J connectivity index is 1.52. The summed E-state index contributed by atoms with van der Waals surface area (Å²) in [6.07, 6.45) is 1.75. The van der Waals surface area contributed by atoms with E-state index < -0.39 is 0 Å². The summed E-state index contributed by atoms with van der Waals surface area (Å²) in [6.45, 7) is 2.69. The zero-order valence-electron chi connectivity index (χ0n) is 14.3. The van der Waals surface area contributed by atoms with Crippen LogP contribution < -0.4 is 16.0 Å². The topological polar surface area (TPSA) is 49.0 Å². The fourth-order valence-electron chi connectivity index (χ4n) is 2.35. The molecule has 0 unspecified atom stereocenters. The number of benzene rings is 2. The molecule has 132 valence electrons. The molecule has 26 heavy (non-hydrogen) atoms. The number of aryl methyl sites for hydroxylation is 1. The van der Waals surface area contributed by atoms with Gasteiger partial charge in [-0.1, -0.05) is 41.9 Å². The van der Waals surface area contributed by atoms with Crippen molar-refractivity contribution in [1.82, 2.24) is 10.3 Å². The van der Waals surface area contributed by atoms with Gasteiger partial charge in [-0.15, -0.1) is 0 Å². The van der Waals surface area contributed by atoms with Gasteiger partial charge in [-0.3, -0.25) is 0 Å². The highest BCUT2D eigenvalue weighted by Gasteiger charge is 2.02. The third-order valence-corrected chi connectivity index (χ3v) is 4.29. The Bertz CT molecular complexity index is 879. The molecule has 0 atom stereocenters. The highest BCUT2D eigenvalue weighted by Crippen LogP contribution is 2.19. The van der Waals surface area contributed by atoms with Crippen LogP contribution in [0.5, 0.6) is 0 Å². The number of nitrogens with one attached hydrogen (secondary N) is 3. The number of hydrogen-bond donors (Lipinski definition) is 3. The van der Waals surface area contributed by atoms with Gasteiger partial charge in [-0.05, 0) is 60.6 Å². The van der Waals surface area contributed by atoms with Crippen LogP contribution in [0.1, 0.15) is 11.1 Å². The minimum Gasteiger partial charge on any atom is -0.358 e. The lowest BCUT2D eigenvalue weighted by Gasteiger charge is -2.12. The molecule has 0 saturated carbocycles. The second-order valence-electron chi connectivity index (χ2n) is 5.81. The predicted octanol–water partition coefficient (Wildman–Crippen LogP) is 5.27. The number of thiocarbonyl (C=S) groups is 1. The molecular weight excluding hydrogens is 364 g/mol. The summed E-state index contributed by atoms with van der Waals surface area (Å²) in [4.78, 5) is 4.42. The molecule has 4 nitrogen and oxygen atoms in total. The minimum atomic E-state index is 0.543. The average Bonchev–Trinajstić information content (AvgIpc) is 2.65. The van der Waals surface area contributed by atoms with Crippen LogP contribution in [0.15, 0.2) is 66.9 Å². The van der Waals surface area contributed by atoms with E-state index in [0.717, 1.165) is 27.8 Å². The number of para-hydroxylation sites is 1. The Morgan fingerprint density at radius 2 is 1.81 bits per heavy atom. The molecule has 3 aromatic rings. The molecule has 6 heteroatoms. The summed E-state index contributed by atoms with van der Waals surface area (Å²) in [7, 11) is 0. The monoisotopic (exact) mass is 382 g/mol. The summed E-state index contributed by atoms with van der Waals surface area (Å²) < 4.78 is 0. The SMILES string of the molecule is Cc1ccccc1Nc1ccc(NC(=S)NCc2ccc(Cl)cc2)cn1. The van der Waals surface area contributed by atoms with Crippen LogP contribution in [0, 0.1) is 6.92 Å². The third kappa shape index (κ3) is 5.18. The number of hydrogen-bond acceptors (Lipinski definition) is 3. The Labute approximate surface area is 163 Å². The fraction of sp³-hybridized carbons (Fsp3) is 0.100. The van der Waals surface area contributed by atoms with Crippen LogP contribution in [-0.2, 0) is 6.54 Å². The molecule has 0 aliphatic carbocycles. The average molecular weight is 383 g/mol. The van der Waals surface area contributed by atoms with E-state index in [4.69, 9.17) is 23.8 Å². The zero-order valence-corrected chi connectivity index (χ0v) is 15.9. The van der Waals surface area contributed by atoms with Gasteiger partial charge in [0.2, 0.25) is 0 Å². The van der Waals surface area contributed by atoms with Gasteiger partial charge >= 0.3 is 0 Å². The third-order valence-electron chi connectivity index (χ3n) is 3.80. The van der Waals surface area contributed by atoms with E-state index in [0.29, 0.717) is 11.7 Å². The minimum absolute atomic E-state index is 0.543. The van der Waals surface area contributed by atoms with Crippen molar-refractivity contribution in [2.24, 2.45) is 0 Å². The van der Waals surface area contributed by atoms with Crippen LogP contribution in [0.2, 0.25) is 5.02 Å². The van der Waals surface area contributed by atoms with Crippen molar-refractivity contribution in [3.63, 3.8) is 0 Å². The van der Waals surface area contributed by atoms with Crippen molar-refractivity contribution in [2.75, 3.05) is 10.6 Å². The fourth-order valence-corrected chi connectivity index (χ4v) is 2.67. The van der Waals surface area contributed by atoms with Crippen LogP contribution in [-0.4, -0.2) is 10.1 Å². The Morgan fingerprint density at radius 3 is 2.50 bits per heavy atom. The maximum Gasteiger partial charge on any atom is 0.171 e. The van der Waals surface area contributed by atoms with Crippen molar-refractivity contribution in [3.05, 3.63) is 83.0 Å². The Kier molecular flexibility index (Phi) is 6.04. The van der Waals surface area contributed by atoms with E-state index in [1.54, 1.807) is 6.20 Å². The summed E-state index contributed by atoms with van der Waals surface area (Å²) in [5, 5.41) is 10.9. The first-order valence-electron chi connectivity index (χ1n) is 8.18. The molecular formula is C20H19ClN4S. The predicted molar refractivity (Wildman–Crippen MR) is 113 cm³/mol. The van der Waals surface area contributed by atoms with Gasteiger partial charge in [0.05, 0.1) is 11.9 Å².